The summed E-state index contributed by atoms with van der Waals surface area (Å²) in [6, 6.07) is 12.0. The van der Waals surface area contributed by atoms with Crippen LogP contribution in [0.2, 0.25) is 0 Å². The minimum Gasteiger partial charge on any atom is -0.316 e. The number of hydrogen-bond donors (Lipinski definition) is 1. The predicted octanol–water partition coefficient (Wildman–Crippen LogP) is 3.54. The highest BCUT2D eigenvalue weighted by molar-refractivity contribution is 5.98. The summed E-state index contributed by atoms with van der Waals surface area (Å²) in [6.07, 6.45) is 0.720. The van der Waals surface area contributed by atoms with E-state index in [0.717, 1.165) is 18.5 Å². The number of carbonyl (C=O) groups is 1. The van der Waals surface area contributed by atoms with Crippen molar-refractivity contribution in [3.05, 3.63) is 71.3 Å². The molecule has 0 saturated carbocycles. The predicted molar refractivity (Wildman–Crippen MR) is 80.8 cm³/mol. The Morgan fingerprint density at radius 1 is 0.955 bits per heavy atom. The van der Waals surface area contributed by atoms with Gasteiger partial charge in [-0.3, -0.25) is 4.79 Å². The summed E-state index contributed by atoms with van der Waals surface area (Å²) < 4.78 is 26.1. The van der Waals surface area contributed by atoms with E-state index in [4.69, 9.17) is 0 Å². The van der Waals surface area contributed by atoms with E-state index < -0.39 is 0 Å². The van der Waals surface area contributed by atoms with Crippen molar-refractivity contribution in [1.29, 1.82) is 0 Å². The molecule has 2 unspecified atom stereocenters. The fourth-order valence-corrected chi connectivity index (χ4v) is 3.06. The molecule has 114 valence electrons. The first kappa shape index (κ1) is 14.9. The van der Waals surface area contributed by atoms with Crippen molar-refractivity contribution >= 4 is 5.78 Å². The lowest BCUT2D eigenvalue weighted by molar-refractivity contribution is 0.0875. The number of halogens is 2. The molecule has 3 rings (SSSR count). The van der Waals surface area contributed by atoms with Crippen molar-refractivity contribution < 1.29 is 13.6 Å². The van der Waals surface area contributed by atoms with Crippen LogP contribution in [-0.2, 0) is 0 Å². The van der Waals surface area contributed by atoms with Crippen molar-refractivity contribution in [2.45, 2.75) is 12.3 Å². The van der Waals surface area contributed by atoms with Gasteiger partial charge in [0.25, 0.3) is 0 Å². The first-order valence-electron chi connectivity index (χ1n) is 7.41. The molecule has 0 bridgehead atoms. The lowest BCUT2D eigenvalue weighted by Gasteiger charge is -2.31. The fraction of sp³-hybridized carbons (Fsp3) is 0.278. The average Bonchev–Trinajstić information content (AvgIpc) is 2.56. The molecule has 1 aliphatic heterocycles. The first-order chi connectivity index (χ1) is 10.6. The summed E-state index contributed by atoms with van der Waals surface area (Å²) in [6.45, 7) is 1.46. The molecule has 2 nitrogen and oxygen atoms in total. The Hall–Kier alpha value is -2.07. The van der Waals surface area contributed by atoms with Gasteiger partial charge in [-0.1, -0.05) is 12.1 Å². The summed E-state index contributed by atoms with van der Waals surface area (Å²) >= 11 is 0. The second kappa shape index (κ2) is 6.36. The van der Waals surface area contributed by atoms with Crippen molar-refractivity contribution in [2.75, 3.05) is 13.1 Å². The zero-order valence-corrected chi connectivity index (χ0v) is 12.1. The molecule has 1 N–H and O–H groups in total. The number of piperidine rings is 1. The third-order valence-corrected chi connectivity index (χ3v) is 4.25. The maximum absolute atomic E-state index is 13.1. The van der Waals surface area contributed by atoms with Crippen LogP contribution in [0.25, 0.3) is 0 Å². The van der Waals surface area contributed by atoms with E-state index in [9.17, 15) is 13.6 Å². The molecule has 2 aromatic rings. The molecular formula is C18H17F2NO. The molecule has 1 saturated heterocycles. The number of Topliss-reactive ketones (excluding diaryl/α,β-unsaturated/α-hetero) is 1. The van der Waals surface area contributed by atoms with E-state index in [2.05, 4.69) is 5.32 Å². The minimum absolute atomic E-state index is 0.00639. The summed E-state index contributed by atoms with van der Waals surface area (Å²) in [7, 11) is 0. The van der Waals surface area contributed by atoms with Crippen LogP contribution in [0.4, 0.5) is 8.78 Å². The molecule has 0 amide bonds. The second-order valence-corrected chi connectivity index (χ2v) is 5.63. The van der Waals surface area contributed by atoms with E-state index in [1.807, 2.05) is 0 Å². The lowest BCUT2D eigenvalue weighted by Crippen LogP contribution is -2.38. The summed E-state index contributed by atoms with van der Waals surface area (Å²) in [5.41, 5.74) is 1.48. The highest BCUT2D eigenvalue weighted by atomic mass is 19.1. The minimum atomic E-state index is -0.350. The highest BCUT2D eigenvalue weighted by Crippen LogP contribution is 2.32. The van der Waals surface area contributed by atoms with Gasteiger partial charge in [-0.25, -0.2) is 8.78 Å². The van der Waals surface area contributed by atoms with Gasteiger partial charge in [0, 0.05) is 23.9 Å². The van der Waals surface area contributed by atoms with Gasteiger partial charge in [0.1, 0.15) is 11.6 Å². The van der Waals surface area contributed by atoms with Gasteiger partial charge in [0.05, 0.1) is 0 Å². The van der Waals surface area contributed by atoms with Crippen LogP contribution in [0.15, 0.2) is 48.5 Å². The Bertz CT molecular complexity index is 652. The third kappa shape index (κ3) is 3.07. The average molecular weight is 301 g/mol. The zero-order chi connectivity index (χ0) is 15.5. The van der Waals surface area contributed by atoms with E-state index in [0.29, 0.717) is 12.1 Å². The Balaban J connectivity index is 1.87. The zero-order valence-electron chi connectivity index (χ0n) is 12.1. The van der Waals surface area contributed by atoms with E-state index >= 15 is 0 Å². The monoisotopic (exact) mass is 301 g/mol. The van der Waals surface area contributed by atoms with Crippen molar-refractivity contribution in [3.63, 3.8) is 0 Å². The second-order valence-electron chi connectivity index (χ2n) is 5.63. The molecule has 2 aromatic carbocycles. The van der Waals surface area contributed by atoms with Gasteiger partial charge in [0.2, 0.25) is 0 Å². The quantitative estimate of drug-likeness (QED) is 0.879. The number of rotatable bonds is 3. The van der Waals surface area contributed by atoms with Crippen LogP contribution in [0.1, 0.15) is 28.3 Å². The molecule has 1 aliphatic rings. The molecule has 0 aromatic heterocycles. The normalized spacial score (nSPS) is 21.5. The van der Waals surface area contributed by atoms with E-state index in [1.54, 1.807) is 12.1 Å². The van der Waals surface area contributed by atoms with Gasteiger partial charge < -0.3 is 5.32 Å². The van der Waals surface area contributed by atoms with Crippen LogP contribution in [0, 0.1) is 17.6 Å². The number of carbonyl (C=O) groups excluding carboxylic acids is 1. The van der Waals surface area contributed by atoms with Gasteiger partial charge >= 0.3 is 0 Å². The number of hydrogen-bond acceptors (Lipinski definition) is 2. The molecule has 0 radical (unpaired) electrons. The van der Waals surface area contributed by atoms with Crippen molar-refractivity contribution in [2.24, 2.45) is 5.92 Å². The molecule has 2 atom stereocenters. The van der Waals surface area contributed by atoms with Gasteiger partial charge in [-0.15, -0.1) is 0 Å². The lowest BCUT2D eigenvalue weighted by atomic mass is 9.77. The smallest absolute Gasteiger partial charge is 0.166 e. The standard InChI is InChI=1S/C18H17F2NO/c19-14-5-1-12(2-6-14)17-11-21-10-9-16(17)18(22)13-3-7-15(20)8-4-13/h1-8,16-17,21H,9-11H2. The SMILES string of the molecule is O=C(c1ccc(F)cc1)C1CCNCC1c1ccc(F)cc1. The van der Waals surface area contributed by atoms with Gasteiger partial charge in [-0.2, -0.15) is 0 Å². The topological polar surface area (TPSA) is 29.1 Å². The summed E-state index contributed by atoms with van der Waals surface area (Å²) in [4.78, 5) is 12.7. The van der Waals surface area contributed by atoms with Crippen LogP contribution in [0.5, 0.6) is 0 Å². The van der Waals surface area contributed by atoms with Crippen molar-refractivity contribution in [1.82, 2.24) is 5.32 Å². The number of benzene rings is 2. The molecule has 0 spiro atoms. The molecular weight excluding hydrogens is 284 g/mol. The van der Waals surface area contributed by atoms with Crippen LogP contribution >= 0.6 is 0 Å². The fourth-order valence-electron chi connectivity index (χ4n) is 3.06. The maximum Gasteiger partial charge on any atom is 0.166 e. The largest absolute Gasteiger partial charge is 0.316 e. The maximum atomic E-state index is 13.1. The van der Waals surface area contributed by atoms with Gasteiger partial charge in [0.15, 0.2) is 5.78 Å². The van der Waals surface area contributed by atoms with E-state index in [1.165, 1.54) is 36.4 Å². The van der Waals surface area contributed by atoms with Crippen LogP contribution in [0.3, 0.4) is 0 Å². The third-order valence-electron chi connectivity index (χ3n) is 4.25. The Morgan fingerprint density at radius 3 is 2.18 bits per heavy atom. The summed E-state index contributed by atoms with van der Waals surface area (Å²) in [5.74, 6) is -0.772. The van der Waals surface area contributed by atoms with Crippen LogP contribution in [-0.4, -0.2) is 18.9 Å². The Kier molecular flexibility index (Phi) is 4.29. The molecule has 4 heteroatoms. The first-order valence-corrected chi connectivity index (χ1v) is 7.41. The van der Waals surface area contributed by atoms with Crippen LogP contribution < -0.4 is 5.32 Å². The molecule has 1 heterocycles. The summed E-state index contributed by atoms with van der Waals surface area (Å²) in [5, 5.41) is 3.29. The molecule has 22 heavy (non-hydrogen) atoms. The Labute approximate surface area is 128 Å². The number of ketones is 1. The molecule has 0 aliphatic carbocycles. The van der Waals surface area contributed by atoms with Gasteiger partial charge in [-0.05, 0) is 54.9 Å². The van der Waals surface area contributed by atoms with Crippen molar-refractivity contribution in [3.8, 4) is 0 Å². The van der Waals surface area contributed by atoms with E-state index in [-0.39, 0.29) is 29.3 Å². The number of nitrogens with one attached hydrogen (secondary N) is 1. The molecule has 1 fully saturated rings. The Morgan fingerprint density at radius 2 is 1.55 bits per heavy atom. The highest BCUT2D eigenvalue weighted by Gasteiger charge is 2.32.